The van der Waals surface area contributed by atoms with Crippen molar-refractivity contribution in [2.45, 2.75) is 6.42 Å². The fourth-order valence-corrected chi connectivity index (χ4v) is 1.48. The summed E-state index contributed by atoms with van der Waals surface area (Å²) in [7, 11) is 0. The van der Waals surface area contributed by atoms with Crippen LogP contribution in [0.1, 0.15) is 5.69 Å². The summed E-state index contributed by atoms with van der Waals surface area (Å²) in [6.45, 7) is 0. The van der Waals surface area contributed by atoms with Crippen LogP contribution in [0.25, 0.3) is 0 Å². The largest absolute Gasteiger partial charge is 0.369 e. The third-order valence-electron chi connectivity index (χ3n) is 1.15. The van der Waals surface area contributed by atoms with E-state index >= 15 is 0 Å². The first-order valence-electron chi connectivity index (χ1n) is 2.91. The first kappa shape index (κ1) is 8.80. The summed E-state index contributed by atoms with van der Waals surface area (Å²) < 4.78 is 1.72. The highest BCUT2D eigenvalue weighted by Gasteiger charge is 2.04. The van der Waals surface area contributed by atoms with Gasteiger partial charge in [-0.05, 0) is 37.9 Å². The lowest BCUT2D eigenvalue weighted by Gasteiger charge is -1.88. The molecule has 0 aliphatic rings. The molecule has 1 heterocycles. The van der Waals surface area contributed by atoms with Gasteiger partial charge in [-0.3, -0.25) is 4.79 Å². The van der Waals surface area contributed by atoms with Crippen molar-refractivity contribution in [3.63, 3.8) is 0 Å². The third kappa shape index (κ3) is 2.34. The Morgan fingerprint density at radius 1 is 1.64 bits per heavy atom. The van der Waals surface area contributed by atoms with E-state index in [1.807, 2.05) is 6.07 Å². The molecule has 0 bridgehead atoms. The van der Waals surface area contributed by atoms with Crippen LogP contribution < -0.4 is 5.73 Å². The number of nitrogens with two attached hydrogens (primary N) is 1. The predicted octanol–water partition coefficient (Wildman–Crippen LogP) is 1.57. The number of aromatic nitrogens is 1. The van der Waals surface area contributed by atoms with Crippen molar-refractivity contribution in [1.82, 2.24) is 4.98 Å². The van der Waals surface area contributed by atoms with Crippen molar-refractivity contribution in [2.75, 3.05) is 0 Å². The fourth-order valence-electron chi connectivity index (χ4n) is 0.736. The third-order valence-corrected chi connectivity index (χ3v) is 2.93. The van der Waals surface area contributed by atoms with Gasteiger partial charge in [-0.1, -0.05) is 0 Å². The molecule has 0 saturated carbocycles. The molecule has 60 valence electrons. The molecule has 0 saturated heterocycles. The van der Waals surface area contributed by atoms with Crippen LogP contribution in [0.3, 0.4) is 0 Å². The van der Waals surface area contributed by atoms with E-state index in [4.69, 9.17) is 5.73 Å². The summed E-state index contributed by atoms with van der Waals surface area (Å²) in [5.74, 6) is -0.341. The van der Waals surface area contributed by atoms with Crippen LogP contribution >= 0.6 is 31.9 Å². The van der Waals surface area contributed by atoms with Crippen LogP contribution in [-0.4, -0.2) is 10.9 Å². The van der Waals surface area contributed by atoms with E-state index in [2.05, 4.69) is 36.8 Å². The highest BCUT2D eigenvalue weighted by atomic mass is 79.9. The fraction of sp³-hybridized carbons (Fsp3) is 0.167. The van der Waals surface area contributed by atoms with E-state index in [1.54, 1.807) is 0 Å². The minimum Gasteiger partial charge on any atom is -0.369 e. The van der Waals surface area contributed by atoms with Crippen molar-refractivity contribution in [2.24, 2.45) is 5.73 Å². The minimum absolute atomic E-state index is 0.240. The molecule has 0 aromatic carbocycles. The normalized spacial score (nSPS) is 10.0. The van der Waals surface area contributed by atoms with Crippen molar-refractivity contribution < 1.29 is 4.79 Å². The number of carbonyl (C=O) groups excluding carboxylic acids is 1. The molecule has 0 unspecified atom stereocenters. The summed E-state index contributed by atoms with van der Waals surface area (Å²) in [4.78, 5) is 13.4. The molecule has 3 N–H and O–H groups in total. The maximum Gasteiger partial charge on any atom is 0.223 e. The van der Waals surface area contributed by atoms with Gasteiger partial charge in [-0.15, -0.1) is 0 Å². The number of nitrogens with one attached hydrogen (secondary N) is 1. The Bertz CT molecular complexity index is 263. The number of aromatic amines is 1. The average molecular weight is 282 g/mol. The van der Waals surface area contributed by atoms with E-state index in [0.717, 1.165) is 14.8 Å². The van der Waals surface area contributed by atoms with Gasteiger partial charge in [0, 0.05) is 10.2 Å². The number of hydrogen-bond acceptors (Lipinski definition) is 1. The standard InChI is InChI=1S/C6H6Br2N2O/c7-4-1-3(2-5(9)11)10-6(4)8/h1,10H,2H2,(H2,9,11). The Hall–Kier alpha value is -0.290. The van der Waals surface area contributed by atoms with E-state index in [-0.39, 0.29) is 12.3 Å². The zero-order valence-corrected chi connectivity index (χ0v) is 8.70. The second-order valence-electron chi connectivity index (χ2n) is 2.10. The van der Waals surface area contributed by atoms with Crippen LogP contribution in [0.15, 0.2) is 15.1 Å². The van der Waals surface area contributed by atoms with Gasteiger partial charge in [0.1, 0.15) is 0 Å². The van der Waals surface area contributed by atoms with Crippen LogP contribution in [0, 0.1) is 0 Å². The zero-order valence-electron chi connectivity index (χ0n) is 5.53. The Morgan fingerprint density at radius 2 is 2.27 bits per heavy atom. The van der Waals surface area contributed by atoms with Gasteiger partial charge in [-0.2, -0.15) is 0 Å². The molecule has 11 heavy (non-hydrogen) atoms. The minimum atomic E-state index is -0.341. The number of rotatable bonds is 2. The summed E-state index contributed by atoms with van der Waals surface area (Å²) in [6.07, 6.45) is 0.240. The smallest absolute Gasteiger partial charge is 0.223 e. The molecule has 1 aromatic rings. The molecule has 1 rings (SSSR count). The van der Waals surface area contributed by atoms with Gasteiger partial charge < -0.3 is 10.7 Å². The lowest BCUT2D eigenvalue weighted by molar-refractivity contribution is -0.117. The molecular weight excluding hydrogens is 276 g/mol. The van der Waals surface area contributed by atoms with E-state index < -0.39 is 0 Å². The first-order valence-corrected chi connectivity index (χ1v) is 4.49. The van der Waals surface area contributed by atoms with E-state index in [9.17, 15) is 4.79 Å². The highest BCUT2D eigenvalue weighted by Crippen LogP contribution is 2.22. The number of halogens is 2. The molecule has 0 radical (unpaired) electrons. The SMILES string of the molecule is NC(=O)Cc1cc(Br)c(Br)[nH]1. The van der Waals surface area contributed by atoms with Crippen molar-refractivity contribution in [3.05, 3.63) is 20.8 Å². The van der Waals surface area contributed by atoms with Gasteiger partial charge in [0.05, 0.1) is 11.0 Å². The second-order valence-corrected chi connectivity index (χ2v) is 3.75. The molecule has 0 fully saturated rings. The van der Waals surface area contributed by atoms with Gasteiger partial charge in [0.25, 0.3) is 0 Å². The Balaban J connectivity index is 2.81. The summed E-state index contributed by atoms with van der Waals surface area (Å²) in [5.41, 5.74) is 5.80. The van der Waals surface area contributed by atoms with Gasteiger partial charge in [0.15, 0.2) is 0 Å². The molecule has 1 aromatic heterocycles. The maximum atomic E-state index is 10.5. The Kier molecular flexibility index (Phi) is 2.72. The van der Waals surface area contributed by atoms with Crippen LogP contribution in [0.5, 0.6) is 0 Å². The van der Waals surface area contributed by atoms with E-state index in [0.29, 0.717) is 0 Å². The number of primary amides is 1. The molecule has 0 aliphatic carbocycles. The van der Waals surface area contributed by atoms with Crippen LogP contribution in [-0.2, 0) is 11.2 Å². The highest BCUT2D eigenvalue weighted by molar-refractivity contribution is 9.13. The predicted molar refractivity (Wildman–Crippen MR) is 49.1 cm³/mol. The van der Waals surface area contributed by atoms with Gasteiger partial charge in [-0.25, -0.2) is 0 Å². The second kappa shape index (κ2) is 3.40. The molecule has 0 aliphatic heterocycles. The van der Waals surface area contributed by atoms with E-state index in [1.165, 1.54) is 0 Å². The molecule has 5 heteroatoms. The number of amides is 1. The van der Waals surface area contributed by atoms with Gasteiger partial charge in [0.2, 0.25) is 5.91 Å². The molecule has 0 spiro atoms. The Labute approximate surface area is 80.6 Å². The molecule has 0 atom stereocenters. The topological polar surface area (TPSA) is 58.9 Å². The quantitative estimate of drug-likeness (QED) is 0.849. The summed E-state index contributed by atoms with van der Waals surface area (Å²) >= 11 is 6.53. The molecular formula is C6H6Br2N2O. The van der Waals surface area contributed by atoms with Crippen molar-refractivity contribution >= 4 is 37.8 Å². The summed E-state index contributed by atoms with van der Waals surface area (Å²) in [6, 6.07) is 1.81. The number of hydrogen-bond donors (Lipinski definition) is 2. The van der Waals surface area contributed by atoms with Crippen molar-refractivity contribution in [1.29, 1.82) is 0 Å². The van der Waals surface area contributed by atoms with Crippen LogP contribution in [0.4, 0.5) is 0 Å². The van der Waals surface area contributed by atoms with Gasteiger partial charge >= 0.3 is 0 Å². The zero-order chi connectivity index (χ0) is 8.43. The lowest BCUT2D eigenvalue weighted by atomic mass is 10.3. The lowest BCUT2D eigenvalue weighted by Crippen LogP contribution is -2.13. The number of carbonyl (C=O) groups is 1. The number of H-pyrrole nitrogens is 1. The van der Waals surface area contributed by atoms with Crippen molar-refractivity contribution in [3.8, 4) is 0 Å². The average Bonchev–Trinajstić information content (AvgIpc) is 2.10. The summed E-state index contributed by atoms with van der Waals surface area (Å²) in [5, 5.41) is 0. The maximum absolute atomic E-state index is 10.5. The molecule has 3 nitrogen and oxygen atoms in total. The Morgan fingerprint density at radius 3 is 2.64 bits per heavy atom. The monoisotopic (exact) mass is 280 g/mol. The molecule has 1 amide bonds. The first-order chi connectivity index (χ1) is 5.09. The van der Waals surface area contributed by atoms with Crippen LogP contribution in [0.2, 0.25) is 0 Å².